The molecule has 0 unspecified atom stereocenters. The molecular weight excluding hydrogens is 414 g/mol. The third kappa shape index (κ3) is 4.51. The Kier molecular flexibility index (Phi) is 6.13. The van der Waals surface area contributed by atoms with Gasteiger partial charge in [-0.2, -0.15) is 0 Å². The van der Waals surface area contributed by atoms with Gasteiger partial charge in [-0.15, -0.1) is 0 Å². The molecule has 0 saturated heterocycles. The lowest BCUT2D eigenvalue weighted by atomic mass is 10.0. The van der Waals surface area contributed by atoms with Gasteiger partial charge in [0.15, 0.2) is 5.76 Å². The van der Waals surface area contributed by atoms with Gasteiger partial charge in [0.05, 0.1) is 12.8 Å². The molecule has 3 aromatic rings. The van der Waals surface area contributed by atoms with Gasteiger partial charge in [0.2, 0.25) is 10.0 Å². The molecule has 0 bridgehead atoms. The number of nitrogens with zero attached hydrogens (tertiary/aromatic N) is 2. The molecule has 0 saturated carbocycles. The van der Waals surface area contributed by atoms with Crippen molar-refractivity contribution in [1.82, 2.24) is 14.8 Å². The second-order valence-electron chi connectivity index (χ2n) is 7.78. The molecule has 0 atom stereocenters. The molecule has 0 aliphatic carbocycles. The van der Waals surface area contributed by atoms with Crippen LogP contribution in [-0.2, 0) is 23.0 Å². The molecule has 2 heterocycles. The van der Waals surface area contributed by atoms with Crippen LogP contribution in [0.2, 0.25) is 0 Å². The highest BCUT2D eigenvalue weighted by atomic mass is 32.2. The Morgan fingerprint density at radius 3 is 2.65 bits per heavy atom. The van der Waals surface area contributed by atoms with Gasteiger partial charge in [-0.3, -0.25) is 4.90 Å². The first-order valence-corrected chi connectivity index (χ1v) is 11.8. The van der Waals surface area contributed by atoms with Crippen molar-refractivity contribution in [1.29, 1.82) is 0 Å². The molecule has 1 aliphatic heterocycles. The van der Waals surface area contributed by atoms with Crippen LogP contribution < -0.4 is 9.46 Å². The van der Waals surface area contributed by atoms with Crippen LogP contribution in [0, 0.1) is 13.8 Å². The molecule has 0 fully saturated rings. The van der Waals surface area contributed by atoms with Gasteiger partial charge in [-0.25, -0.2) is 13.1 Å². The Balaban J connectivity index is 1.48. The third-order valence-corrected chi connectivity index (χ3v) is 7.28. The number of hydrogen-bond acceptors (Lipinski definition) is 6. The van der Waals surface area contributed by atoms with Gasteiger partial charge in [0.25, 0.3) is 0 Å². The predicted molar refractivity (Wildman–Crippen MR) is 119 cm³/mol. The minimum atomic E-state index is -3.76. The van der Waals surface area contributed by atoms with E-state index in [2.05, 4.69) is 33.0 Å². The number of sulfonamides is 1. The van der Waals surface area contributed by atoms with E-state index < -0.39 is 10.0 Å². The number of nitrogens with one attached hydrogen (secondary N) is 1. The van der Waals surface area contributed by atoms with Crippen molar-refractivity contribution in [2.75, 3.05) is 26.7 Å². The minimum absolute atomic E-state index is 0.0879. The third-order valence-electron chi connectivity index (χ3n) is 5.80. The average Bonchev–Trinajstić information content (AvgIpc) is 3.11. The predicted octanol–water partition coefficient (Wildman–Crippen LogP) is 3.30. The molecule has 7 nitrogen and oxygen atoms in total. The summed E-state index contributed by atoms with van der Waals surface area (Å²) in [6.45, 7) is 6.45. The van der Waals surface area contributed by atoms with Crippen LogP contribution in [-0.4, -0.2) is 45.2 Å². The highest BCUT2D eigenvalue weighted by Gasteiger charge is 2.23. The number of hydrogen-bond donors (Lipinski definition) is 1. The maximum Gasteiger partial charge on any atom is 0.244 e. The normalized spacial score (nSPS) is 14.4. The first-order chi connectivity index (χ1) is 14.9. The largest absolute Gasteiger partial charge is 0.495 e. The van der Waals surface area contributed by atoms with Gasteiger partial charge in [-0.1, -0.05) is 29.4 Å². The smallest absolute Gasteiger partial charge is 0.244 e. The zero-order valence-corrected chi connectivity index (χ0v) is 18.8. The molecule has 164 valence electrons. The van der Waals surface area contributed by atoms with E-state index >= 15 is 0 Å². The lowest BCUT2D eigenvalue weighted by Crippen LogP contribution is -2.37. The number of rotatable bonds is 7. The molecule has 2 aromatic carbocycles. The van der Waals surface area contributed by atoms with Crippen LogP contribution in [0.5, 0.6) is 5.75 Å². The zero-order valence-electron chi connectivity index (χ0n) is 18.0. The van der Waals surface area contributed by atoms with E-state index in [-0.39, 0.29) is 10.6 Å². The maximum absolute atomic E-state index is 13.1. The highest BCUT2D eigenvalue weighted by molar-refractivity contribution is 7.89. The molecule has 1 aromatic heterocycles. The zero-order chi connectivity index (χ0) is 22.0. The van der Waals surface area contributed by atoms with Crippen molar-refractivity contribution >= 4 is 10.0 Å². The Labute approximate surface area is 183 Å². The van der Waals surface area contributed by atoms with Gasteiger partial charge in [-0.05, 0) is 49.6 Å². The number of fused-ring (bicyclic) bond motifs is 1. The Morgan fingerprint density at radius 2 is 1.94 bits per heavy atom. The molecular formula is C23H27N3O4S. The van der Waals surface area contributed by atoms with Crippen molar-refractivity contribution in [2.45, 2.75) is 31.7 Å². The minimum Gasteiger partial charge on any atom is -0.495 e. The lowest BCUT2D eigenvalue weighted by Gasteiger charge is -2.28. The number of ether oxygens (including phenoxy) is 1. The van der Waals surface area contributed by atoms with E-state index in [1.165, 1.54) is 18.2 Å². The quantitative estimate of drug-likeness (QED) is 0.606. The highest BCUT2D eigenvalue weighted by Crippen LogP contribution is 2.32. The molecule has 0 spiro atoms. The fourth-order valence-corrected chi connectivity index (χ4v) is 5.09. The van der Waals surface area contributed by atoms with Crippen molar-refractivity contribution in [3.63, 3.8) is 0 Å². The van der Waals surface area contributed by atoms with E-state index in [4.69, 9.17) is 9.26 Å². The van der Waals surface area contributed by atoms with Gasteiger partial charge < -0.3 is 9.26 Å². The molecule has 4 rings (SSSR count). The number of benzene rings is 2. The fraction of sp³-hybridized carbons (Fsp3) is 0.348. The van der Waals surface area contributed by atoms with Crippen molar-refractivity contribution in [3.8, 4) is 17.1 Å². The summed E-state index contributed by atoms with van der Waals surface area (Å²) in [5.41, 5.74) is 4.98. The molecule has 1 aliphatic rings. The molecule has 1 N–H and O–H groups in total. The summed E-state index contributed by atoms with van der Waals surface area (Å²) in [5, 5.41) is 3.97. The SMILES string of the molecule is COc1ccc(-c2onc(C)c2C)cc1S(=O)(=O)NCCN1CCc2ccccc2C1. The lowest BCUT2D eigenvalue weighted by molar-refractivity contribution is 0.258. The van der Waals surface area contributed by atoms with Gasteiger partial charge >= 0.3 is 0 Å². The van der Waals surface area contributed by atoms with Crippen molar-refractivity contribution in [2.24, 2.45) is 0 Å². The molecule has 0 radical (unpaired) electrons. The summed E-state index contributed by atoms with van der Waals surface area (Å²) in [4.78, 5) is 2.35. The summed E-state index contributed by atoms with van der Waals surface area (Å²) >= 11 is 0. The standard InChI is InChI=1S/C23H27N3O4S/c1-16-17(2)25-30-23(16)19-8-9-21(29-3)22(14-19)31(27,28)24-11-13-26-12-10-18-6-4-5-7-20(18)15-26/h4-9,14,24H,10-13,15H2,1-3H3. The summed E-state index contributed by atoms with van der Waals surface area (Å²) in [6, 6.07) is 13.4. The molecule has 31 heavy (non-hydrogen) atoms. The van der Waals surface area contributed by atoms with Crippen LogP contribution in [0.4, 0.5) is 0 Å². The van der Waals surface area contributed by atoms with E-state index in [0.717, 1.165) is 30.8 Å². The summed E-state index contributed by atoms with van der Waals surface area (Å²) in [7, 11) is -2.30. The number of aryl methyl sites for hydroxylation is 1. The first-order valence-electron chi connectivity index (χ1n) is 10.3. The fourth-order valence-electron chi connectivity index (χ4n) is 3.87. The van der Waals surface area contributed by atoms with E-state index in [1.807, 2.05) is 19.9 Å². The monoisotopic (exact) mass is 441 g/mol. The van der Waals surface area contributed by atoms with Crippen LogP contribution >= 0.6 is 0 Å². The van der Waals surface area contributed by atoms with E-state index in [9.17, 15) is 8.42 Å². The number of aromatic nitrogens is 1. The van der Waals surface area contributed by atoms with Crippen molar-refractivity contribution in [3.05, 3.63) is 64.8 Å². The van der Waals surface area contributed by atoms with Crippen molar-refractivity contribution < 1.29 is 17.7 Å². The summed E-state index contributed by atoms with van der Waals surface area (Å²) in [5.74, 6) is 0.848. The van der Waals surface area contributed by atoms with Crippen LogP contribution in [0.15, 0.2) is 51.9 Å². The van der Waals surface area contributed by atoms with Gasteiger partial charge in [0, 0.05) is 37.3 Å². The Hall–Kier alpha value is -2.68. The molecule has 8 heteroatoms. The van der Waals surface area contributed by atoms with Gasteiger partial charge in [0.1, 0.15) is 10.6 Å². The van der Waals surface area contributed by atoms with Crippen LogP contribution in [0.3, 0.4) is 0 Å². The summed E-state index contributed by atoms with van der Waals surface area (Å²) in [6.07, 6.45) is 0.981. The van der Waals surface area contributed by atoms with Crippen LogP contribution in [0.1, 0.15) is 22.4 Å². The van der Waals surface area contributed by atoms with E-state index in [1.54, 1.807) is 18.2 Å². The van der Waals surface area contributed by atoms with E-state index in [0.29, 0.717) is 24.4 Å². The topological polar surface area (TPSA) is 84.7 Å². The second kappa shape index (κ2) is 8.82. The Morgan fingerprint density at radius 1 is 1.16 bits per heavy atom. The second-order valence-corrected chi connectivity index (χ2v) is 9.52. The average molecular weight is 442 g/mol. The molecule has 0 amide bonds. The van der Waals surface area contributed by atoms with Crippen LogP contribution in [0.25, 0.3) is 11.3 Å². The number of methoxy groups -OCH3 is 1. The maximum atomic E-state index is 13.1. The first kappa shape index (κ1) is 21.5. The summed E-state index contributed by atoms with van der Waals surface area (Å²) < 4.78 is 39.6. The Bertz CT molecular complexity index is 1190.